The Kier molecular flexibility index (Phi) is 6.48. The summed E-state index contributed by atoms with van der Waals surface area (Å²) in [5, 5.41) is 0. The van der Waals surface area contributed by atoms with Gasteiger partial charge in [0, 0.05) is 37.8 Å². The Morgan fingerprint density at radius 1 is 1.00 bits per heavy atom. The molecule has 5 rings (SSSR count). The molecule has 0 saturated carbocycles. The first kappa shape index (κ1) is 22.4. The number of carbonyl (C=O) groups excluding carboxylic acids is 1. The van der Waals surface area contributed by atoms with Gasteiger partial charge in [0.25, 0.3) is 0 Å². The summed E-state index contributed by atoms with van der Waals surface area (Å²) in [5.74, 6) is 0.877. The zero-order chi connectivity index (χ0) is 23.5. The van der Waals surface area contributed by atoms with Crippen LogP contribution in [0.1, 0.15) is 53.1 Å². The van der Waals surface area contributed by atoms with Crippen LogP contribution in [0.15, 0.2) is 79.1 Å². The minimum absolute atomic E-state index is 0.0200. The van der Waals surface area contributed by atoms with Crippen molar-refractivity contribution in [3.8, 4) is 0 Å². The first-order chi connectivity index (χ1) is 16.6. The van der Waals surface area contributed by atoms with E-state index in [0.29, 0.717) is 12.3 Å². The Bertz CT molecular complexity index is 1270. The smallest absolute Gasteiger partial charge is 0.223 e. The molecule has 4 heteroatoms. The van der Waals surface area contributed by atoms with Crippen LogP contribution in [0.25, 0.3) is 5.65 Å². The number of piperidine rings is 1. The van der Waals surface area contributed by atoms with Crippen LogP contribution in [0.3, 0.4) is 0 Å². The molecule has 4 aromatic rings. The van der Waals surface area contributed by atoms with Gasteiger partial charge in [-0.05, 0) is 73.4 Å². The fourth-order valence-electron chi connectivity index (χ4n) is 5.35. The standard InChI is InChI=1S/C30H33N3O/c1-22-12-17-33-28(21-31-29(33)18-22)27(26-11-7-6-8-23(26)2)20-30(34)32-15-13-25(14-16-32)19-24-9-4-3-5-10-24/h3-12,17-18,21,25,27H,13-16,19-20H2,1-2H3. The van der Waals surface area contributed by atoms with E-state index in [2.05, 4.69) is 101 Å². The molecule has 0 radical (unpaired) electrons. The van der Waals surface area contributed by atoms with Crippen LogP contribution in [0.5, 0.6) is 0 Å². The highest BCUT2D eigenvalue weighted by Crippen LogP contribution is 2.32. The number of imidazole rings is 1. The maximum atomic E-state index is 13.5. The minimum atomic E-state index is -0.0200. The third kappa shape index (κ3) is 4.77. The first-order valence-electron chi connectivity index (χ1n) is 12.4. The molecule has 34 heavy (non-hydrogen) atoms. The molecule has 1 aliphatic heterocycles. The van der Waals surface area contributed by atoms with Gasteiger partial charge in [-0.3, -0.25) is 4.79 Å². The number of aryl methyl sites for hydroxylation is 2. The Morgan fingerprint density at radius 2 is 1.74 bits per heavy atom. The maximum Gasteiger partial charge on any atom is 0.223 e. The van der Waals surface area contributed by atoms with Crippen LogP contribution in [0.4, 0.5) is 0 Å². The predicted octanol–water partition coefficient (Wildman–Crippen LogP) is 5.95. The molecule has 1 fully saturated rings. The average molecular weight is 452 g/mol. The molecule has 4 nitrogen and oxygen atoms in total. The van der Waals surface area contributed by atoms with Crippen molar-refractivity contribution in [3.63, 3.8) is 0 Å². The molecule has 0 bridgehead atoms. The quantitative estimate of drug-likeness (QED) is 0.363. The lowest BCUT2D eigenvalue weighted by Gasteiger charge is -2.33. The van der Waals surface area contributed by atoms with Crippen molar-refractivity contribution < 1.29 is 4.79 Å². The second kappa shape index (κ2) is 9.84. The molecule has 1 atom stereocenters. The highest BCUT2D eigenvalue weighted by atomic mass is 16.2. The molecule has 1 saturated heterocycles. The third-order valence-electron chi connectivity index (χ3n) is 7.33. The minimum Gasteiger partial charge on any atom is -0.343 e. The lowest BCUT2D eigenvalue weighted by molar-refractivity contribution is -0.132. The summed E-state index contributed by atoms with van der Waals surface area (Å²) in [6.45, 7) is 5.92. The van der Waals surface area contributed by atoms with E-state index >= 15 is 0 Å². The number of carbonyl (C=O) groups is 1. The Balaban J connectivity index is 1.34. The summed E-state index contributed by atoms with van der Waals surface area (Å²) in [7, 11) is 0. The van der Waals surface area contributed by atoms with Gasteiger partial charge in [0.1, 0.15) is 5.65 Å². The fourth-order valence-corrected chi connectivity index (χ4v) is 5.35. The van der Waals surface area contributed by atoms with Gasteiger partial charge in [-0.25, -0.2) is 4.98 Å². The van der Waals surface area contributed by atoms with E-state index in [-0.39, 0.29) is 11.8 Å². The van der Waals surface area contributed by atoms with Gasteiger partial charge in [-0.15, -0.1) is 0 Å². The number of rotatable bonds is 6. The number of aromatic nitrogens is 2. The lowest BCUT2D eigenvalue weighted by atomic mass is 9.87. The van der Waals surface area contributed by atoms with E-state index in [1.165, 1.54) is 22.3 Å². The normalized spacial score (nSPS) is 15.5. The number of fused-ring (bicyclic) bond motifs is 1. The number of likely N-dealkylation sites (tertiary alicyclic amines) is 1. The number of hydrogen-bond donors (Lipinski definition) is 0. The second-order valence-electron chi connectivity index (χ2n) is 9.74. The summed E-state index contributed by atoms with van der Waals surface area (Å²) >= 11 is 0. The summed E-state index contributed by atoms with van der Waals surface area (Å²) in [4.78, 5) is 20.3. The van der Waals surface area contributed by atoms with Crippen LogP contribution < -0.4 is 0 Å². The van der Waals surface area contributed by atoms with E-state index in [0.717, 1.165) is 43.7 Å². The molecule has 0 aliphatic carbocycles. The molecule has 174 valence electrons. The summed E-state index contributed by atoms with van der Waals surface area (Å²) in [6, 6.07) is 23.3. The van der Waals surface area contributed by atoms with Crippen LogP contribution in [-0.4, -0.2) is 33.3 Å². The molecule has 3 heterocycles. The molecular weight excluding hydrogens is 418 g/mol. The van der Waals surface area contributed by atoms with Crippen molar-refractivity contribution in [2.75, 3.05) is 13.1 Å². The van der Waals surface area contributed by atoms with E-state index in [4.69, 9.17) is 0 Å². The van der Waals surface area contributed by atoms with E-state index < -0.39 is 0 Å². The van der Waals surface area contributed by atoms with Crippen molar-refractivity contribution in [2.24, 2.45) is 5.92 Å². The van der Waals surface area contributed by atoms with Gasteiger partial charge in [-0.2, -0.15) is 0 Å². The predicted molar refractivity (Wildman–Crippen MR) is 137 cm³/mol. The van der Waals surface area contributed by atoms with E-state index in [1.54, 1.807) is 0 Å². The number of amides is 1. The number of hydrogen-bond acceptors (Lipinski definition) is 2. The topological polar surface area (TPSA) is 37.6 Å². The molecule has 1 amide bonds. The van der Waals surface area contributed by atoms with E-state index in [1.807, 2.05) is 6.20 Å². The average Bonchev–Trinajstić information content (AvgIpc) is 3.27. The molecule has 0 N–H and O–H groups in total. The molecule has 0 spiro atoms. The molecule has 2 aromatic carbocycles. The van der Waals surface area contributed by atoms with Crippen LogP contribution >= 0.6 is 0 Å². The highest BCUT2D eigenvalue weighted by molar-refractivity contribution is 5.78. The third-order valence-corrected chi connectivity index (χ3v) is 7.33. The lowest BCUT2D eigenvalue weighted by Crippen LogP contribution is -2.39. The van der Waals surface area contributed by atoms with Gasteiger partial charge in [0.15, 0.2) is 0 Å². The second-order valence-corrected chi connectivity index (χ2v) is 9.74. The molecule has 1 aliphatic rings. The van der Waals surface area contributed by atoms with Crippen LogP contribution in [0, 0.1) is 19.8 Å². The monoisotopic (exact) mass is 451 g/mol. The number of benzene rings is 2. The number of nitrogens with zero attached hydrogens (tertiary/aromatic N) is 3. The maximum absolute atomic E-state index is 13.5. The Hall–Kier alpha value is -3.40. The fraction of sp³-hybridized carbons (Fsp3) is 0.333. The summed E-state index contributed by atoms with van der Waals surface area (Å²) < 4.78 is 2.14. The Labute approximate surface area is 202 Å². The summed E-state index contributed by atoms with van der Waals surface area (Å²) in [5.41, 5.74) is 7.02. The van der Waals surface area contributed by atoms with Gasteiger partial charge in [0.2, 0.25) is 5.91 Å². The van der Waals surface area contributed by atoms with Crippen molar-refractivity contribution in [2.45, 2.75) is 45.4 Å². The molecule has 2 aromatic heterocycles. The SMILES string of the molecule is Cc1ccn2c(C(CC(=O)N3CCC(Cc4ccccc4)CC3)c3ccccc3C)cnc2c1. The number of pyridine rings is 1. The van der Waals surface area contributed by atoms with Gasteiger partial charge in [-0.1, -0.05) is 54.6 Å². The first-order valence-corrected chi connectivity index (χ1v) is 12.4. The van der Waals surface area contributed by atoms with Gasteiger partial charge in [0.05, 0.1) is 5.69 Å². The van der Waals surface area contributed by atoms with E-state index in [9.17, 15) is 4.79 Å². The van der Waals surface area contributed by atoms with Crippen LogP contribution in [-0.2, 0) is 11.2 Å². The van der Waals surface area contributed by atoms with Crippen LogP contribution in [0.2, 0.25) is 0 Å². The van der Waals surface area contributed by atoms with Crippen molar-refractivity contribution in [3.05, 3.63) is 107 Å². The van der Waals surface area contributed by atoms with Crippen molar-refractivity contribution in [1.82, 2.24) is 14.3 Å². The zero-order valence-electron chi connectivity index (χ0n) is 20.2. The molecular formula is C30H33N3O. The Morgan fingerprint density at radius 3 is 2.50 bits per heavy atom. The largest absolute Gasteiger partial charge is 0.343 e. The summed E-state index contributed by atoms with van der Waals surface area (Å²) in [6.07, 6.45) is 7.75. The molecule has 1 unspecified atom stereocenters. The van der Waals surface area contributed by atoms with Gasteiger partial charge >= 0.3 is 0 Å². The van der Waals surface area contributed by atoms with Crippen molar-refractivity contribution in [1.29, 1.82) is 0 Å². The van der Waals surface area contributed by atoms with Gasteiger partial charge < -0.3 is 9.30 Å². The van der Waals surface area contributed by atoms with Crippen molar-refractivity contribution >= 4 is 11.6 Å². The zero-order valence-corrected chi connectivity index (χ0v) is 20.2. The highest BCUT2D eigenvalue weighted by Gasteiger charge is 2.28.